The van der Waals surface area contributed by atoms with E-state index >= 15 is 0 Å². The van der Waals surface area contributed by atoms with E-state index in [4.69, 9.17) is 0 Å². The molecule has 0 amide bonds. The zero-order valence-electron chi connectivity index (χ0n) is 19.2. The highest BCUT2D eigenvalue weighted by molar-refractivity contribution is 5.49. The first-order valence-electron chi connectivity index (χ1n) is 12.2. The minimum absolute atomic E-state index is 0.283. The maximum atomic E-state index is 11.5. The summed E-state index contributed by atoms with van der Waals surface area (Å²) in [5.74, 6) is 0.319. The molecule has 3 atom stereocenters. The van der Waals surface area contributed by atoms with Crippen LogP contribution in [0.15, 0.2) is 60.7 Å². The number of likely N-dealkylation sites (tertiary alicyclic amines) is 1. The second-order valence-electron chi connectivity index (χ2n) is 9.22. The molecule has 1 saturated heterocycles. The van der Waals surface area contributed by atoms with E-state index in [9.17, 15) is 5.11 Å². The van der Waals surface area contributed by atoms with E-state index in [1.165, 1.54) is 23.2 Å². The lowest BCUT2D eigenvalue weighted by Gasteiger charge is -2.52. The van der Waals surface area contributed by atoms with Crippen molar-refractivity contribution < 1.29 is 5.11 Å². The van der Waals surface area contributed by atoms with Crippen LogP contribution in [-0.4, -0.2) is 41.8 Å². The highest BCUT2D eigenvalue weighted by Crippen LogP contribution is 2.49. The molecule has 0 bridgehead atoms. The standard InChI is InChI=1S/C28H38N2O/c1-3-29(4-2)25-17-15-24(16-18-25)27-26-14-8-9-19-28(26,31)20-22-30(27)21-10-13-23-11-6-5-7-12-23/h5-7,10-13,15-18,26-27,31H,3-4,8-9,14,19-22H2,1-2H3/b13-10+/t26-,27+,28+/m1/s1. The third-order valence-corrected chi connectivity index (χ3v) is 7.48. The number of nitrogens with zero attached hydrogens (tertiary/aromatic N) is 2. The summed E-state index contributed by atoms with van der Waals surface area (Å²) in [7, 11) is 0. The molecule has 2 aromatic carbocycles. The van der Waals surface area contributed by atoms with Gasteiger partial charge in [0.25, 0.3) is 0 Å². The summed E-state index contributed by atoms with van der Waals surface area (Å²) in [6.07, 6.45) is 9.88. The molecule has 2 aliphatic rings. The molecule has 0 unspecified atom stereocenters. The average molecular weight is 419 g/mol. The van der Waals surface area contributed by atoms with Gasteiger partial charge in [0.2, 0.25) is 0 Å². The second kappa shape index (κ2) is 10.0. The minimum atomic E-state index is -0.500. The van der Waals surface area contributed by atoms with Gasteiger partial charge in [0.1, 0.15) is 0 Å². The fraction of sp³-hybridized carbons (Fsp3) is 0.500. The molecule has 2 fully saturated rings. The fourth-order valence-electron chi connectivity index (χ4n) is 5.75. The number of hydrogen-bond donors (Lipinski definition) is 1. The lowest BCUT2D eigenvalue weighted by molar-refractivity contribution is -0.122. The fourth-order valence-corrected chi connectivity index (χ4v) is 5.75. The Morgan fingerprint density at radius 2 is 1.74 bits per heavy atom. The van der Waals surface area contributed by atoms with Crippen LogP contribution in [0.25, 0.3) is 6.08 Å². The number of hydrogen-bond acceptors (Lipinski definition) is 3. The van der Waals surface area contributed by atoms with E-state index in [1.807, 2.05) is 0 Å². The summed E-state index contributed by atoms with van der Waals surface area (Å²) >= 11 is 0. The lowest BCUT2D eigenvalue weighted by Crippen LogP contribution is -2.54. The summed E-state index contributed by atoms with van der Waals surface area (Å²) in [6.45, 7) is 8.34. The van der Waals surface area contributed by atoms with Gasteiger partial charge in [-0.2, -0.15) is 0 Å². The van der Waals surface area contributed by atoms with E-state index in [0.717, 1.165) is 51.9 Å². The van der Waals surface area contributed by atoms with Crippen molar-refractivity contribution in [1.82, 2.24) is 4.90 Å². The molecule has 1 N–H and O–H groups in total. The first kappa shape index (κ1) is 22.1. The van der Waals surface area contributed by atoms with Gasteiger partial charge < -0.3 is 10.0 Å². The largest absolute Gasteiger partial charge is 0.389 e. The van der Waals surface area contributed by atoms with Gasteiger partial charge in [0.15, 0.2) is 0 Å². The van der Waals surface area contributed by atoms with E-state index in [1.54, 1.807) is 0 Å². The van der Waals surface area contributed by atoms with Crippen LogP contribution < -0.4 is 4.90 Å². The van der Waals surface area contributed by atoms with Gasteiger partial charge in [0.05, 0.1) is 5.60 Å². The summed E-state index contributed by atoms with van der Waals surface area (Å²) in [5.41, 5.74) is 3.39. The van der Waals surface area contributed by atoms with Crippen LogP contribution in [0.1, 0.15) is 63.1 Å². The van der Waals surface area contributed by atoms with E-state index < -0.39 is 5.60 Å². The van der Waals surface area contributed by atoms with Crippen molar-refractivity contribution >= 4 is 11.8 Å². The molecule has 2 aromatic rings. The van der Waals surface area contributed by atoms with Crippen LogP contribution in [-0.2, 0) is 0 Å². The Labute approximate surface area is 188 Å². The number of benzene rings is 2. The van der Waals surface area contributed by atoms with Gasteiger partial charge in [-0.15, -0.1) is 0 Å². The Hall–Kier alpha value is -2.10. The van der Waals surface area contributed by atoms with Crippen molar-refractivity contribution in [3.63, 3.8) is 0 Å². The van der Waals surface area contributed by atoms with Crippen LogP contribution in [0.4, 0.5) is 5.69 Å². The Bertz CT molecular complexity index is 843. The van der Waals surface area contributed by atoms with Gasteiger partial charge in [-0.05, 0) is 56.4 Å². The number of aliphatic hydroxyl groups is 1. The average Bonchev–Trinajstić information content (AvgIpc) is 2.81. The summed E-state index contributed by atoms with van der Waals surface area (Å²) in [6, 6.07) is 20.0. The zero-order valence-corrected chi connectivity index (χ0v) is 19.2. The van der Waals surface area contributed by atoms with Crippen LogP contribution in [0.2, 0.25) is 0 Å². The Morgan fingerprint density at radius 3 is 2.45 bits per heavy atom. The van der Waals surface area contributed by atoms with Crippen molar-refractivity contribution in [1.29, 1.82) is 0 Å². The van der Waals surface area contributed by atoms with Crippen LogP contribution in [0.5, 0.6) is 0 Å². The van der Waals surface area contributed by atoms with Crippen LogP contribution in [0.3, 0.4) is 0 Å². The highest BCUT2D eigenvalue weighted by Gasteiger charge is 2.48. The molecule has 31 heavy (non-hydrogen) atoms. The van der Waals surface area contributed by atoms with Crippen molar-refractivity contribution in [3.8, 4) is 0 Å². The topological polar surface area (TPSA) is 26.7 Å². The number of rotatable bonds is 7. The third-order valence-electron chi connectivity index (χ3n) is 7.48. The monoisotopic (exact) mass is 418 g/mol. The molecule has 1 aliphatic heterocycles. The summed E-state index contributed by atoms with van der Waals surface area (Å²) in [4.78, 5) is 4.98. The summed E-state index contributed by atoms with van der Waals surface area (Å²) < 4.78 is 0. The van der Waals surface area contributed by atoms with Crippen LogP contribution in [0, 0.1) is 5.92 Å². The van der Waals surface area contributed by atoms with Gasteiger partial charge in [-0.3, -0.25) is 4.90 Å². The molecule has 0 spiro atoms. The molecule has 4 rings (SSSR count). The van der Waals surface area contributed by atoms with Crippen molar-refractivity contribution in [3.05, 3.63) is 71.8 Å². The zero-order chi connectivity index (χ0) is 21.7. The van der Waals surface area contributed by atoms with Crippen LogP contribution >= 0.6 is 0 Å². The molecule has 3 nitrogen and oxygen atoms in total. The van der Waals surface area contributed by atoms with E-state index in [0.29, 0.717) is 5.92 Å². The van der Waals surface area contributed by atoms with Gasteiger partial charge in [-0.1, -0.05) is 67.5 Å². The smallest absolute Gasteiger partial charge is 0.0706 e. The quantitative estimate of drug-likeness (QED) is 0.605. The molecule has 0 radical (unpaired) electrons. The molecule has 166 valence electrons. The molecule has 1 saturated carbocycles. The predicted molar refractivity (Wildman–Crippen MR) is 131 cm³/mol. The van der Waals surface area contributed by atoms with Gasteiger partial charge in [0, 0.05) is 43.8 Å². The number of fused-ring (bicyclic) bond motifs is 1. The Balaban J connectivity index is 1.59. The normalized spacial score (nSPS) is 26.7. The molecular weight excluding hydrogens is 380 g/mol. The predicted octanol–water partition coefficient (Wildman–Crippen LogP) is 5.91. The number of piperidine rings is 1. The highest BCUT2D eigenvalue weighted by atomic mass is 16.3. The maximum absolute atomic E-state index is 11.5. The van der Waals surface area contributed by atoms with Crippen molar-refractivity contribution in [2.75, 3.05) is 31.1 Å². The van der Waals surface area contributed by atoms with Crippen molar-refractivity contribution in [2.24, 2.45) is 5.92 Å². The Morgan fingerprint density at radius 1 is 1.00 bits per heavy atom. The molecule has 1 aliphatic carbocycles. The molecule has 1 heterocycles. The van der Waals surface area contributed by atoms with Crippen molar-refractivity contribution in [2.45, 2.75) is 57.6 Å². The first-order chi connectivity index (χ1) is 15.1. The van der Waals surface area contributed by atoms with E-state index in [2.05, 4.69) is 90.4 Å². The first-order valence-corrected chi connectivity index (χ1v) is 12.2. The van der Waals surface area contributed by atoms with Gasteiger partial charge >= 0.3 is 0 Å². The van der Waals surface area contributed by atoms with E-state index in [-0.39, 0.29) is 6.04 Å². The molecule has 0 aromatic heterocycles. The maximum Gasteiger partial charge on any atom is 0.0706 e. The molecular formula is C28H38N2O. The SMILES string of the molecule is CCN(CC)c1ccc([C@H]2[C@H]3CCCC[C@]3(O)CCN2C/C=C/c2ccccc2)cc1. The third kappa shape index (κ3) is 4.88. The Kier molecular flexibility index (Phi) is 7.14. The second-order valence-corrected chi connectivity index (χ2v) is 9.22. The van der Waals surface area contributed by atoms with Gasteiger partial charge in [-0.25, -0.2) is 0 Å². The summed E-state index contributed by atoms with van der Waals surface area (Å²) in [5, 5.41) is 11.5. The number of anilines is 1. The lowest BCUT2D eigenvalue weighted by atomic mass is 9.66. The molecule has 3 heteroatoms. The minimum Gasteiger partial charge on any atom is -0.389 e.